The molecule has 2 heterocycles. The van der Waals surface area contributed by atoms with Gasteiger partial charge in [-0.15, -0.1) is 0 Å². The number of fused-ring (bicyclic) bond motifs is 3. The van der Waals surface area contributed by atoms with Crippen molar-refractivity contribution in [3.8, 4) is 5.75 Å². The van der Waals surface area contributed by atoms with Crippen molar-refractivity contribution in [2.75, 3.05) is 18.1 Å². The van der Waals surface area contributed by atoms with Crippen LogP contribution in [0.15, 0.2) is 54.6 Å². The average molecular weight is 337 g/mol. The first kappa shape index (κ1) is 15.7. The zero-order chi connectivity index (χ0) is 17.4. The summed E-state index contributed by atoms with van der Waals surface area (Å²) < 4.78 is 11.0. The fourth-order valence-electron chi connectivity index (χ4n) is 3.83. The van der Waals surface area contributed by atoms with E-state index in [-0.39, 0.29) is 24.5 Å². The Morgan fingerprint density at radius 3 is 2.64 bits per heavy atom. The number of hydrogen-bond donors (Lipinski definition) is 0. The molecular formula is C20H19NO4. The molecular weight excluding hydrogens is 318 g/mol. The number of rotatable bonds is 3. The van der Waals surface area contributed by atoms with Crippen molar-refractivity contribution < 1.29 is 19.1 Å². The van der Waals surface area contributed by atoms with E-state index in [0.29, 0.717) is 6.61 Å². The third-order valence-electron chi connectivity index (χ3n) is 4.86. The molecule has 25 heavy (non-hydrogen) atoms. The number of carbonyl (C=O) groups is 2. The van der Waals surface area contributed by atoms with Gasteiger partial charge in [0.25, 0.3) is 0 Å². The predicted molar refractivity (Wildman–Crippen MR) is 92.2 cm³/mol. The van der Waals surface area contributed by atoms with Gasteiger partial charge in [-0.1, -0.05) is 36.4 Å². The van der Waals surface area contributed by atoms with Crippen molar-refractivity contribution in [2.24, 2.45) is 11.8 Å². The lowest BCUT2D eigenvalue weighted by Crippen LogP contribution is -2.33. The standard InChI is InChI=1S/C20H19NO4/c1-2-24-20(23)17-15-12-25-16-11-7-6-10-14(16)18(15)21(19(17)22)13-8-4-3-5-9-13/h3-11,15,17-18H,2,12H2,1H3. The third kappa shape index (κ3) is 2.47. The Bertz CT molecular complexity index is 804. The molecule has 2 aromatic carbocycles. The molecule has 5 nitrogen and oxygen atoms in total. The molecule has 2 aliphatic heterocycles. The van der Waals surface area contributed by atoms with Crippen LogP contribution in [0.5, 0.6) is 5.75 Å². The van der Waals surface area contributed by atoms with Crippen molar-refractivity contribution in [3.05, 3.63) is 60.2 Å². The van der Waals surface area contributed by atoms with Crippen LogP contribution in [0, 0.1) is 11.8 Å². The molecule has 1 amide bonds. The topological polar surface area (TPSA) is 55.8 Å². The molecule has 0 radical (unpaired) electrons. The van der Waals surface area contributed by atoms with Gasteiger partial charge in [-0.2, -0.15) is 0 Å². The highest BCUT2D eigenvalue weighted by atomic mass is 16.5. The van der Waals surface area contributed by atoms with Gasteiger partial charge in [-0.3, -0.25) is 9.59 Å². The molecule has 1 fully saturated rings. The number of carbonyl (C=O) groups excluding carboxylic acids is 2. The molecule has 2 aliphatic rings. The van der Waals surface area contributed by atoms with Crippen LogP contribution in [-0.2, 0) is 14.3 Å². The van der Waals surface area contributed by atoms with Gasteiger partial charge in [0.2, 0.25) is 5.91 Å². The molecule has 0 bridgehead atoms. The van der Waals surface area contributed by atoms with Crippen LogP contribution < -0.4 is 9.64 Å². The zero-order valence-corrected chi connectivity index (χ0v) is 13.9. The van der Waals surface area contributed by atoms with Gasteiger partial charge in [0.05, 0.1) is 19.3 Å². The monoisotopic (exact) mass is 337 g/mol. The minimum absolute atomic E-state index is 0.222. The van der Waals surface area contributed by atoms with E-state index in [1.807, 2.05) is 54.6 Å². The summed E-state index contributed by atoms with van der Waals surface area (Å²) in [5, 5.41) is 0. The van der Waals surface area contributed by atoms with Gasteiger partial charge in [0.15, 0.2) is 0 Å². The number of hydrogen-bond acceptors (Lipinski definition) is 4. The highest BCUT2D eigenvalue weighted by Gasteiger charge is 2.55. The summed E-state index contributed by atoms with van der Waals surface area (Å²) in [5.74, 6) is -1.02. The number of esters is 1. The predicted octanol–water partition coefficient (Wildman–Crippen LogP) is 2.96. The quantitative estimate of drug-likeness (QED) is 0.638. The van der Waals surface area contributed by atoms with Crippen LogP contribution in [0.3, 0.4) is 0 Å². The summed E-state index contributed by atoms with van der Waals surface area (Å²) in [6.45, 7) is 2.32. The maximum absolute atomic E-state index is 13.2. The SMILES string of the molecule is CCOC(=O)C1C(=O)N(c2ccccc2)C2c3ccccc3OCC12. The van der Waals surface area contributed by atoms with Gasteiger partial charge >= 0.3 is 5.97 Å². The number of amides is 1. The van der Waals surface area contributed by atoms with Crippen LogP contribution in [0.1, 0.15) is 18.5 Å². The largest absolute Gasteiger partial charge is 0.493 e. The normalized spacial score (nSPS) is 24.3. The Balaban J connectivity index is 1.83. The summed E-state index contributed by atoms with van der Waals surface area (Å²) in [6, 6.07) is 16.9. The molecule has 128 valence electrons. The van der Waals surface area contributed by atoms with Crippen LogP contribution >= 0.6 is 0 Å². The maximum atomic E-state index is 13.2. The van der Waals surface area contributed by atoms with Crippen LogP contribution in [-0.4, -0.2) is 25.1 Å². The maximum Gasteiger partial charge on any atom is 0.319 e. The lowest BCUT2D eigenvalue weighted by Gasteiger charge is -2.33. The summed E-state index contributed by atoms with van der Waals surface area (Å²) in [7, 11) is 0. The smallest absolute Gasteiger partial charge is 0.319 e. The zero-order valence-electron chi connectivity index (χ0n) is 13.9. The Morgan fingerprint density at radius 2 is 1.88 bits per heavy atom. The fraction of sp³-hybridized carbons (Fsp3) is 0.300. The van der Waals surface area contributed by atoms with Crippen molar-refractivity contribution in [1.29, 1.82) is 0 Å². The Labute approximate surface area is 146 Å². The van der Waals surface area contributed by atoms with E-state index in [9.17, 15) is 9.59 Å². The van der Waals surface area contributed by atoms with Gasteiger partial charge in [-0.05, 0) is 25.1 Å². The van der Waals surface area contributed by atoms with Crippen molar-refractivity contribution in [3.63, 3.8) is 0 Å². The molecule has 0 N–H and O–H groups in total. The number of anilines is 1. The van der Waals surface area contributed by atoms with E-state index in [4.69, 9.17) is 9.47 Å². The minimum Gasteiger partial charge on any atom is -0.493 e. The molecule has 3 atom stereocenters. The average Bonchev–Trinajstić information content (AvgIpc) is 2.95. The number of nitrogens with zero attached hydrogens (tertiary/aromatic N) is 1. The van der Waals surface area contributed by atoms with Crippen LogP contribution in [0.2, 0.25) is 0 Å². The van der Waals surface area contributed by atoms with Crippen LogP contribution in [0.25, 0.3) is 0 Å². The van der Waals surface area contributed by atoms with Gasteiger partial charge in [0, 0.05) is 17.2 Å². The third-order valence-corrected chi connectivity index (χ3v) is 4.86. The van der Waals surface area contributed by atoms with Gasteiger partial charge in [-0.25, -0.2) is 0 Å². The van der Waals surface area contributed by atoms with E-state index >= 15 is 0 Å². The molecule has 4 rings (SSSR count). The van der Waals surface area contributed by atoms with Crippen molar-refractivity contribution in [1.82, 2.24) is 0 Å². The highest BCUT2D eigenvalue weighted by molar-refractivity contribution is 6.09. The van der Waals surface area contributed by atoms with Gasteiger partial charge < -0.3 is 14.4 Å². The Morgan fingerprint density at radius 1 is 1.16 bits per heavy atom. The van der Waals surface area contributed by atoms with Crippen molar-refractivity contribution in [2.45, 2.75) is 13.0 Å². The molecule has 0 aromatic heterocycles. The fourth-order valence-corrected chi connectivity index (χ4v) is 3.83. The Hall–Kier alpha value is -2.82. The van der Waals surface area contributed by atoms with E-state index in [0.717, 1.165) is 17.0 Å². The van der Waals surface area contributed by atoms with E-state index in [1.165, 1.54) is 0 Å². The lowest BCUT2D eigenvalue weighted by atomic mass is 9.85. The first-order chi connectivity index (χ1) is 12.2. The number of benzene rings is 2. The second-order valence-corrected chi connectivity index (χ2v) is 6.23. The summed E-state index contributed by atoms with van der Waals surface area (Å²) in [4.78, 5) is 27.4. The second-order valence-electron chi connectivity index (χ2n) is 6.23. The van der Waals surface area contributed by atoms with E-state index in [1.54, 1.807) is 11.8 Å². The molecule has 0 saturated carbocycles. The highest BCUT2D eigenvalue weighted by Crippen LogP contribution is 2.49. The Kier molecular flexibility index (Phi) is 3.92. The summed E-state index contributed by atoms with van der Waals surface area (Å²) in [6.07, 6.45) is 0. The second kappa shape index (κ2) is 6.24. The first-order valence-electron chi connectivity index (χ1n) is 8.49. The lowest BCUT2D eigenvalue weighted by molar-refractivity contribution is -0.152. The van der Waals surface area contributed by atoms with E-state index < -0.39 is 11.9 Å². The van der Waals surface area contributed by atoms with Crippen molar-refractivity contribution >= 4 is 17.6 Å². The summed E-state index contributed by atoms with van der Waals surface area (Å²) in [5.41, 5.74) is 1.72. The van der Waals surface area contributed by atoms with Crippen LogP contribution in [0.4, 0.5) is 5.69 Å². The van der Waals surface area contributed by atoms with Gasteiger partial charge in [0.1, 0.15) is 11.7 Å². The molecule has 0 spiro atoms. The molecule has 5 heteroatoms. The molecule has 3 unspecified atom stereocenters. The number of para-hydroxylation sites is 2. The minimum atomic E-state index is -0.835. The first-order valence-corrected chi connectivity index (χ1v) is 8.49. The molecule has 0 aliphatic carbocycles. The van der Waals surface area contributed by atoms with E-state index in [2.05, 4.69) is 0 Å². The number of ether oxygens (including phenoxy) is 2. The summed E-state index contributed by atoms with van der Waals surface area (Å²) >= 11 is 0. The molecule has 2 aromatic rings. The molecule has 1 saturated heterocycles.